The normalized spacial score (nSPS) is 16.1. The first-order chi connectivity index (χ1) is 7.75. The van der Waals surface area contributed by atoms with Crippen LogP contribution in [-0.4, -0.2) is 35.4 Å². The van der Waals surface area contributed by atoms with Crippen molar-refractivity contribution in [1.82, 2.24) is 9.88 Å². The number of hydrogen-bond donors (Lipinski definition) is 2. The Morgan fingerprint density at radius 1 is 1.50 bits per heavy atom. The van der Waals surface area contributed by atoms with E-state index < -0.39 is 0 Å². The fourth-order valence-electron chi connectivity index (χ4n) is 1.77. The van der Waals surface area contributed by atoms with E-state index in [-0.39, 0.29) is 5.91 Å². The Hall–Kier alpha value is -1.30. The molecule has 2 rings (SSSR count). The molecule has 0 saturated carbocycles. The summed E-state index contributed by atoms with van der Waals surface area (Å²) in [5, 5.41) is 4.37. The summed E-state index contributed by atoms with van der Waals surface area (Å²) in [6, 6.07) is 0. The lowest BCUT2D eigenvalue weighted by Gasteiger charge is -2.26. The van der Waals surface area contributed by atoms with E-state index >= 15 is 0 Å². The van der Waals surface area contributed by atoms with Crippen molar-refractivity contribution >= 4 is 27.4 Å². The zero-order valence-electron chi connectivity index (χ0n) is 9.11. The lowest BCUT2D eigenvalue weighted by Crippen LogP contribution is -2.39. The van der Waals surface area contributed by atoms with E-state index in [0.29, 0.717) is 16.7 Å². The molecule has 6 heteroatoms. The second-order valence-electron chi connectivity index (χ2n) is 3.86. The van der Waals surface area contributed by atoms with Crippen LogP contribution >= 0.6 is 11.3 Å². The van der Waals surface area contributed by atoms with Crippen LogP contribution in [0.4, 0.5) is 10.1 Å². The quantitative estimate of drug-likeness (QED) is 0.831. The number of carbonyl (C=O) groups excluding carboxylic acids is 1. The summed E-state index contributed by atoms with van der Waals surface area (Å²) in [6.45, 7) is 2.09. The number of nitrogens with two attached hydrogens (primary N) is 1. The van der Waals surface area contributed by atoms with Crippen LogP contribution in [0, 0.1) is 0 Å². The van der Waals surface area contributed by atoms with Crippen molar-refractivity contribution in [3.63, 3.8) is 0 Å². The molecule has 0 radical (unpaired) electrons. The Kier molecular flexibility index (Phi) is 3.61. The van der Waals surface area contributed by atoms with Crippen LogP contribution in [0.15, 0.2) is 6.20 Å². The molecule has 0 spiro atoms. The van der Waals surface area contributed by atoms with E-state index in [2.05, 4.69) is 10.3 Å². The molecular formula is C10H16N4OS. The van der Waals surface area contributed by atoms with Gasteiger partial charge < -0.3 is 16.0 Å². The number of nitrogens with zero attached hydrogens (tertiary/aromatic N) is 2. The Morgan fingerprint density at radius 3 is 2.88 bits per heavy atom. The molecule has 1 fully saturated rings. The minimum atomic E-state index is 0.147. The minimum Gasteiger partial charge on any atom is -0.389 e. The Bertz CT molecular complexity index is 359. The molecule has 0 unspecified atom stereocenters. The number of piperidine rings is 1. The van der Waals surface area contributed by atoms with E-state index in [1.54, 1.807) is 6.20 Å². The Balaban J connectivity index is 1.78. The van der Waals surface area contributed by atoms with Gasteiger partial charge >= 0.3 is 0 Å². The van der Waals surface area contributed by atoms with Gasteiger partial charge in [-0.3, -0.25) is 4.79 Å². The third-order valence-corrected chi connectivity index (χ3v) is 3.41. The standard InChI is InChI=1S/C10H16N4OS/c11-8-6-12-10(16-8)13-7-9(15)14-4-2-1-3-5-14/h6H,1-5,7,11H2,(H,12,13). The number of amides is 1. The van der Waals surface area contributed by atoms with Gasteiger partial charge in [-0.2, -0.15) is 0 Å². The molecule has 16 heavy (non-hydrogen) atoms. The highest BCUT2D eigenvalue weighted by molar-refractivity contribution is 7.19. The van der Waals surface area contributed by atoms with Crippen molar-refractivity contribution in [3.8, 4) is 0 Å². The molecule has 88 valence electrons. The molecule has 1 amide bonds. The average molecular weight is 240 g/mol. The van der Waals surface area contributed by atoms with Crippen LogP contribution < -0.4 is 11.1 Å². The van der Waals surface area contributed by atoms with Crippen LogP contribution in [-0.2, 0) is 4.79 Å². The summed E-state index contributed by atoms with van der Waals surface area (Å²) < 4.78 is 0. The van der Waals surface area contributed by atoms with Gasteiger partial charge in [0.1, 0.15) is 5.00 Å². The fourth-order valence-corrected chi connectivity index (χ4v) is 2.35. The SMILES string of the molecule is Nc1cnc(NCC(=O)N2CCCCC2)s1. The van der Waals surface area contributed by atoms with Crippen LogP contribution in [0.5, 0.6) is 0 Å². The summed E-state index contributed by atoms with van der Waals surface area (Å²) in [7, 11) is 0. The van der Waals surface area contributed by atoms with Crippen LogP contribution in [0.2, 0.25) is 0 Å². The van der Waals surface area contributed by atoms with Gasteiger partial charge in [0, 0.05) is 13.1 Å². The lowest BCUT2D eigenvalue weighted by molar-refractivity contribution is -0.130. The third kappa shape index (κ3) is 2.85. The largest absolute Gasteiger partial charge is 0.389 e. The van der Waals surface area contributed by atoms with Gasteiger partial charge in [0.15, 0.2) is 5.13 Å². The first-order valence-corrected chi connectivity index (χ1v) is 6.30. The highest BCUT2D eigenvalue weighted by Gasteiger charge is 2.16. The number of carbonyl (C=O) groups is 1. The number of hydrogen-bond acceptors (Lipinski definition) is 5. The topological polar surface area (TPSA) is 71.2 Å². The molecule has 1 aromatic rings. The zero-order chi connectivity index (χ0) is 11.4. The highest BCUT2D eigenvalue weighted by Crippen LogP contribution is 2.19. The smallest absolute Gasteiger partial charge is 0.241 e. The monoisotopic (exact) mass is 240 g/mol. The summed E-state index contributed by atoms with van der Waals surface area (Å²) >= 11 is 1.36. The first kappa shape index (κ1) is 11.2. The molecule has 0 aromatic carbocycles. The van der Waals surface area contributed by atoms with Crippen molar-refractivity contribution in [2.45, 2.75) is 19.3 Å². The lowest BCUT2D eigenvalue weighted by atomic mass is 10.1. The number of nitrogen functional groups attached to an aromatic ring is 1. The van der Waals surface area contributed by atoms with Crippen molar-refractivity contribution in [3.05, 3.63) is 6.20 Å². The maximum absolute atomic E-state index is 11.8. The third-order valence-electron chi connectivity index (χ3n) is 2.62. The van der Waals surface area contributed by atoms with Gasteiger partial charge in [0.25, 0.3) is 0 Å². The molecule has 1 aliphatic rings. The summed E-state index contributed by atoms with van der Waals surface area (Å²) in [5.74, 6) is 0.147. The van der Waals surface area contributed by atoms with Gasteiger partial charge in [-0.05, 0) is 19.3 Å². The van der Waals surface area contributed by atoms with E-state index in [1.807, 2.05) is 4.90 Å². The summed E-state index contributed by atoms with van der Waals surface area (Å²) in [6.07, 6.45) is 5.07. The second-order valence-corrected chi connectivity index (χ2v) is 4.93. The molecule has 1 aliphatic heterocycles. The number of thiazole rings is 1. The van der Waals surface area contributed by atoms with E-state index in [1.165, 1.54) is 17.8 Å². The van der Waals surface area contributed by atoms with Crippen LogP contribution in [0.1, 0.15) is 19.3 Å². The van der Waals surface area contributed by atoms with Crippen LogP contribution in [0.25, 0.3) is 0 Å². The first-order valence-electron chi connectivity index (χ1n) is 5.48. The van der Waals surface area contributed by atoms with Crippen molar-refractivity contribution in [1.29, 1.82) is 0 Å². The number of likely N-dealkylation sites (tertiary alicyclic amines) is 1. The number of anilines is 2. The van der Waals surface area contributed by atoms with Gasteiger partial charge in [-0.1, -0.05) is 11.3 Å². The molecule has 0 atom stereocenters. The number of rotatable bonds is 3. The number of aromatic nitrogens is 1. The molecule has 0 aliphatic carbocycles. The molecule has 5 nitrogen and oxygen atoms in total. The highest BCUT2D eigenvalue weighted by atomic mass is 32.1. The predicted octanol–water partition coefficient (Wildman–Crippen LogP) is 1.15. The second kappa shape index (κ2) is 5.16. The molecule has 1 saturated heterocycles. The minimum absolute atomic E-state index is 0.147. The summed E-state index contributed by atoms with van der Waals surface area (Å²) in [4.78, 5) is 17.7. The van der Waals surface area contributed by atoms with E-state index in [9.17, 15) is 4.79 Å². The molecular weight excluding hydrogens is 224 g/mol. The van der Waals surface area contributed by atoms with Crippen molar-refractivity contribution in [2.75, 3.05) is 30.7 Å². The van der Waals surface area contributed by atoms with Gasteiger partial charge in [0.05, 0.1) is 12.7 Å². The van der Waals surface area contributed by atoms with Gasteiger partial charge in [-0.25, -0.2) is 4.98 Å². The zero-order valence-corrected chi connectivity index (χ0v) is 9.92. The molecule has 3 N–H and O–H groups in total. The van der Waals surface area contributed by atoms with Gasteiger partial charge in [0.2, 0.25) is 5.91 Å². The van der Waals surface area contributed by atoms with Crippen molar-refractivity contribution < 1.29 is 4.79 Å². The van der Waals surface area contributed by atoms with Crippen molar-refractivity contribution in [2.24, 2.45) is 0 Å². The average Bonchev–Trinajstić information content (AvgIpc) is 2.73. The Labute approximate surface area is 98.7 Å². The van der Waals surface area contributed by atoms with Crippen LogP contribution in [0.3, 0.4) is 0 Å². The Morgan fingerprint density at radius 2 is 2.25 bits per heavy atom. The maximum Gasteiger partial charge on any atom is 0.241 e. The molecule has 1 aromatic heterocycles. The van der Waals surface area contributed by atoms with E-state index in [0.717, 1.165) is 25.9 Å². The molecule has 0 bridgehead atoms. The number of nitrogens with one attached hydrogen (secondary N) is 1. The summed E-state index contributed by atoms with van der Waals surface area (Å²) in [5.41, 5.74) is 5.55. The fraction of sp³-hybridized carbons (Fsp3) is 0.600. The maximum atomic E-state index is 11.8. The molecule has 2 heterocycles. The van der Waals surface area contributed by atoms with Gasteiger partial charge in [-0.15, -0.1) is 0 Å². The van der Waals surface area contributed by atoms with E-state index in [4.69, 9.17) is 5.73 Å². The predicted molar refractivity (Wildman–Crippen MR) is 65.4 cm³/mol.